The zero-order valence-corrected chi connectivity index (χ0v) is 12.7. The van der Waals surface area contributed by atoms with Crippen LogP contribution in [0.1, 0.15) is 11.3 Å². The predicted molar refractivity (Wildman–Crippen MR) is 83.8 cm³/mol. The number of amides is 3. The molecule has 1 aromatic heterocycles. The molecule has 1 aromatic carbocycles. The standard InChI is InChI=1S/C15H16ClN3O3/c1-10-7-11(16)4-5-13(10)17-9-14(20)19-15(21)18-8-12-3-2-6-22-12/h2-7,17H,8-9H2,1H3,(H2,18,19,20,21). The molecular formula is C15H16ClN3O3. The number of halogens is 1. The molecule has 3 N–H and O–H groups in total. The van der Waals surface area contributed by atoms with E-state index < -0.39 is 11.9 Å². The largest absolute Gasteiger partial charge is 0.467 e. The lowest BCUT2D eigenvalue weighted by molar-refractivity contribution is -0.118. The number of anilines is 1. The number of rotatable bonds is 5. The molecule has 0 atom stereocenters. The Kier molecular flexibility index (Phi) is 5.43. The third-order valence-corrected chi connectivity index (χ3v) is 3.12. The van der Waals surface area contributed by atoms with Crippen LogP contribution in [0, 0.1) is 6.92 Å². The summed E-state index contributed by atoms with van der Waals surface area (Å²) in [4.78, 5) is 23.2. The number of hydrogen-bond donors (Lipinski definition) is 3. The van der Waals surface area contributed by atoms with Crippen molar-refractivity contribution in [3.63, 3.8) is 0 Å². The SMILES string of the molecule is Cc1cc(Cl)ccc1NCC(=O)NC(=O)NCc1ccco1. The van der Waals surface area contributed by atoms with Crippen LogP contribution >= 0.6 is 11.6 Å². The highest BCUT2D eigenvalue weighted by Crippen LogP contribution is 2.19. The van der Waals surface area contributed by atoms with Crippen LogP contribution in [0.3, 0.4) is 0 Å². The lowest BCUT2D eigenvalue weighted by Crippen LogP contribution is -2.41. The van der Waals surface area contributed by atoms with E-state index in [1.807, 2.05) is 6.92 Å². The predicted octanol–water partition coefficient (Wildman–Crippen LogP) is 2.68. The molecule has 2 rings (SSSR count). The van der Waals surface area contributed by atoms with E-state index in [1.54, 1.807) is 30.3 Å². The minimum Gasteiger partial charge on any atom is -0.467 e. The fourth-order valence-electron chi connectivity index (χ4n) is 1.80. The molecule has 22 heavy (non-hydrogen) atoms. The van der Waals surface area contributed by atoms with Gasteiger partial charge in [-0.3, -0.25) is 10.1 Å². The van der Waals surface area contributed by atoms with Crippen LogP contribution in [0.4, 0.5) is 10.5 Å². The molecule has 6 nitrogen and oxygen atoms in total. The average molecular weight is 322 g/mol. The third-order valence-electron chi connectivity index (χ3n) is 2.88. The Labute approximate surface area is 132 Å². The Balaban J connectivity index is 1.74. The average Bonchev–Trinajstić information content (AvgIpc) is 2.97. The van der Waals surface area contributed by atoms with Gasteiger partial charge in [0.05, 0.1) is 19.4 Å². The summed E-state index contributed by atoms with van der Waals surface area (Å²) in [6, 6.07) is 8.17. The fourth-order valence-corrected chi connectivity index (χ4v) is 2.02. The van der Waals surface area contributed by atoms with Crippen LogP contribution < -0.4 is 16.0 Å². The summed E-state index contributed by atoms with van der Waals surface area (Å²) in [5.74, 6) is 0.170. The maximum absolute atomic E-state index is 11.7. The van der Waals surface area contributed by atoms with Crippen molar-refractivity contribution < 1.29 is 14.0 Å². The van der Waals surface area contributed by atoms with Crippen molar-refractivity contribution in [3.8, 4) is 0 Å². The van der Waals surface area contributed by atoms with Crippen molar-refractivity contribution in [1.29, 1.82) is 0 Å². The number of carbonyl (C=O) groups is 2. The quantitative estimate of drug-likeness (QED) is 0.790. The highest BCUT2D eigenvalue weighted by molar-refractivity contribution is 6.30. The van der Waals surface area contributed by atoms with E-state index in [0.717, 1.165) is 11.3 Å². The Bertz CT molecular complexity index is 656. The highest BCUT2D eigenvalue weighted by Gasteiger charge is 2.08. The Morgan fingerprint density at radius 3 is 2.77 bits per heavy atom. The normalized spacial score (nSPS) is 10.1. The molecule has 0 radical (unpaired) electrons. The zero-order chi connectivity index (χ0) is 15.9. The van der Waals surface area contributed by atoms with E-state index in [1.165, 1.54) is 6.26 Å². The molecule has 0 aliphatic rings. The van der Waals surface area contributed by atoms with Crippen molar-refractivity contribution in [2.75, 3.05) is 11.9 Å². The van der Waals surface area contributed by atoms with Crippen molar-refractivity contribution in [2.24, 2.45) is 0 Å². The van der Waals surface area contributed by atoms with Gasteiger partial charge in [-0.1, -0.05) is 11.6 Å². The molecule has 2 aromatic rings. The number of carbonyl (C=O) groups excluding carboxylic acids is 2. The first-order valence-electron chi connectivity index (χ1n) is 6.64. The maximum atomic E-state index is 11.7. The van der Waals surface area contributed by atoms with Crippen molar-refractivity contribution in [3.05, 3.63) is 52.9 Å². The van der Waals surface area contributed by atoms with Crippen LogP contribution in [-0.4, -0.2) is 18.5 Å². The molecule has 0 bridgehead atoms. The molecule has 0 saturated heterocycles. The lowest BCUT2D eigenvalue weighted by atomic mass is 10.2. The van der Waals surface area contributed by atoms with Crippen molar-refractivity contribution in [2.45, 2.75) is 13.5 Å². The molecule has 116 valence electrons. The first-order valence-corrected chi connectivity index (χ1v) is 7.02. The summed E-state index contributed by atoms with van der Waals surface area (Å²) >= 11 is 5.86. The molecular weight excluding hydrogens is 306 g/mol. The molecule has 0 spiro atoms. The van der Waals surface area contributed by atoms with Crippen LogP contribution in [-0.2, 0) is 11.3 Å². The lowest BCUT2D eigenvalue weighted by Gasteiger charge is -2.10. The second-order valence-electron chi connectivity index (χ2n) is 4.62. The van der Waals surface area contributed by atoms with Gasteiger partial charge in [0.25, 0.3) is 0 Å². The summed E-state index contributed by atoms with van der Waals surface area (Å²) in [7, 11) is 0. The number of urea groups is 1. The van der Waals surface area contributed by atoms with E-state index in [9.17, 15) is 9.59 Å². The van der Waals surface area contributed by atoms with Crippen LogP contribution in [0.25, 0.3) is 0 Å². The number of furan rings is 1. The summed E-state index contributed by atoms with van der Waals surface area (Å²) in [6.07, 6.45) is 1.51. The minimum absolute atomic E-state index is 0.0172. The van der Waals surface area contributed by atoms with E-state index in [0.29, 0.717) is 10.8 Å². The molecule has 0 aliphatic carbocycles. The van der Waals surface area contributed by atoms with Gasteiger partial charge < -0.3 is 15.1 Å². The van der Waals surface area contributed by atoms with E-state index in [4.69, 9.17) is 16.0 Å². The van der Waals surface area contributed by atoms with Gasteiger partial charge in [-0.05, 0) is 42.8 Å². The van der Waals surface area contributed by atoms with Crippen molar-refractivity contribution in [1.82, 2.24) is 10.6 Å². The number of imide groups is 1. The monoisotopic (exact) mass is 321 g/mol. The highest BCUT2D eigenvalue weighted by atomic mass is 35.5. The van der Waals surface area contributed by atoms with Crippen LogP contribution in [0.5, 0.6) is 0 Å². The number of nitrogens with one attached hydrogen (secondary N) is 3. The van der Waals surface area contributed by atoms with Gasteiger partial charge >= 0.3 is 6.03 Å². The van der Waals surface area contributed by atoms with Gasteiger partial charge in [0.1, 0.15) is 5.76 Å². The summed E-state index contributed by atoms with van der Waals surface area (Å²) < 4.78 is 5.07. The van der Waals surface area contributed by atoms with Gasteiger partial charge in [0.15, 0.2) is 0 Å². The molecule has 0 unspecified atom stereocenters. The third kappa shape index (κ3) is 4.82. The topological polar surface area (TPSA) is 83.4 Å². The maximum Gasteiger partial charge on any atom is 0.321 e. The molecule has 7 heteroatoms. The number of hydrogen-bond acceptors (Lipinski definition) is 4. The smallest absolute Gasteiger partial charge is 0.321 e. The Morgan fingerprint density at radius 2 is 2.09 bits per heavy atom. The van der Waals surface area contributed by atoms with Gasteiger partial charge in [0, 0.05) is 10.7 Å². The van der Waals surface area contributed by atoms with Gasteiger partial charge in [-0.15, -0.1) is 0 Å². The second-order valence-corrected chi connectivity index (χ2v) is 5.06. The van der Waals surface area contributed by atoms with Gasteiger partial charge in [-0.2, -0.15) is 0 Å². The summed E-state index contributed by atoms with van der Waals surface area (Å²) in [6.45, 7) is 2.08. The summed E-state index contributed by atoms with van der Waals surface area (Å²) in [5, 5.41) is 8.32. The van der Waals surface area contributed by atoms with Gasteiger partial charge in [0.2, 0.25) is 5.91 Å². The Hall–Kier alpha value is -2.47. The molecule has 1 heterocycles. The molecule has 3 amide bonds. The number of benzene rings is 1. The molecule has 0 aliphatic heterocycles. The van der Waals surface area contributed by atoms with E-state index >= 15 is 0 Å². The van der Waals surface area contributed by atoms with E-state index in [-0.39, 0.29) is 13.1 Å². The Morgan fingerprint density at radius 1 is 1.27 bits per heavy atom. The summed E-state index contributed by atoms with van der Waals surface area (Å²) in [5.41, 5.74) is 1.71. The fraction of sp³-hybridized carbons (Fsp3) is 0.200. The minimum atomic E-state index is -0.573. The van der Waals surface area contributed by atoms with Crippen molar-refractivity contribution >= 4 is 29.2 Å². The number of aryl methyl sites for hydroxylation is 1. The van der Waals surface area contributed by atoms with Crippen LogP contribution in [0.2, 0.25) is 5.02 Å². The first kappa shape index (κ1) is 15.9. The molecule has 0 saturated carbocycles. The van der Waals surface area contributed by atoms with Crippen LogP contribution in [0.15, 0.2) is 41.0 Å². The van der Waals surface area contributed by atoms with E-state index in [2.05, 4.69) is 16.0 Å². The molecule has 0 fully saturated rings. The second kappa shape index (κ2) is 7.51. The van der Waals surface area contributed by atoms with Gasteiger partial charge in [-0.25, -0.2) is 4.79 Å². The first-order chi connectivity index (χ1) is 10.5. The zero-order valence-electron chi connectivity index (χ0n) is 12.0.